The highest BCUT2D eigenvalue weighted by Crippen LogP contribution is 2.27. The number of nitrogens with one attached hydrogen (secondary N) is 1. The first-order valence-electron chi connectivity index (χ1n) is 10.5. The van der Waals surface area contributed by atoms with Crippen molar-refractivity contribution < 1.29 is 18.7 Å². The number of rotatable bonds is 8. The summed E-state index contributed by atoms with van der Waals surface area (Å²) in [5.74, 6) is 0.266. The van der Waals surface area contributed by atoms with E-state index in [9.17, 15) is 9.18 Å². The first kappa shape index (κ1) is 22.2. The second-order valence-electron chi connectivity index (χ2n) is 7.23. The van der Waals surface area contributed by atoms with Crippen LogP contribution >= 0.6 is 0 Å². The predicted octanol–water partition coefficient (Wildman–Crippen LogP) is 3.96. The zero-order chi connectivity index (χ0) is 23.4. The summed E-state index contributed by atoms with van der Waals surface area (Å²) in [5.41, 5.74) is 9.33. The fraction of sp³-hybridized carbons (Fsp3) is 0.208. The molecule has 0 aliphatic carbocycles. The van der Waals surface area contributed by atoms with Crippen molar-refractivity contribution in [1.29, 1.82) is 0 Å². The van der Waals surface area contributed by atoms with Crippen LogP contribution in [-0.4, -0.2) is 40.6 Å². The summed E-state index contributed by atoms with van der Waals surface area (Å²) in [7, 11) is 1.43. The van der Waals surface area contributed by atoms with Gasteiger partial charge in [0.2, 0.25) is 5.95 Å². The maximum atomic E-state index is 13.6. The lowest BCUT2D eigenvalue weighted by atomic mass is 10.1. The first-order valence-corrected chi connectivity index (χ1v) is 10.5. The number of halogens is 1. The number of anilines is 2. The lowest BCUT2D eigenvalue weighted by Gasteiger charge is -2.10. The van der Waals surface area contributed by atoms with Crippen LogP contribution in [-0.2, 0) is 11.2 Å². The van der Waals surface area contributed by atoms with E-state index in [2.05, 4.69) is 10.3 Å². The number of fused-ring (bicyclic) bond motifs is 1. The molecule has 0 bridgehead atoms. The van der Waals surface area contributed by atoms with Gasteiger partial charge in [0.15, 0.2) is 0 Å². The van der Waals surface area contributed by atoms with Crippen LogP contribution in [0.15, 0.2) is 54.7 Å². The Morgan fingerprint density at radius 2 is 1.97 bits per heavy atom. The molecule has 1 amide bonds. The number of hydrogen-bond acceptors (Lipinski definition) is 6. The average molecular weight is 449 g/mol. The second-order valence-corrected chi connectivity index (χ2v) is 7.23. The van der Waals surface area contributed by atoms with E-state index in [-0.39, 0.29) is 11.3 Å². The minimum atomic E-state index is -0.520. The highest BCUT2D eigenvalue weighted by atomic mass is 19.1. The number of nitrogen functional groups attached to an aromatic ring is 1. The molecule has 0 atom stereocenters. The number of nitrogens with zero attached hydrogens (tertiary/aromatic N) is 3. The van der Waals surface area contributed by atoms with E-state index in [1.807, 2.05) is 25.1 Å². The van der Waals surface area contributed by atoms with Gasteiger partial charge in [-0.05, 0) is 55.5 Å². The molecular formula is C24H24FN5O3. The molecule has 0 unspecified atom stereocenters. The smallest absolute Gasteiger partial charge is 0.259 e. The van der Waals surface area contributed by atoms with E-state index >= 15 is 0 Å². The van der Waals surface area contributed by atoms with Crippen molar-refractivity contribution in [2.24, 2.45) is 0 Å². The normalized spacial score (nSPS) is 11.0. The number of imidazole rings is 1. The van der Waals surface area contributed by atoms with Gasteiger partial charge in [0.25, 0.3) is 5.91 Å². The summed E-state index contributed by atoms with van der Waals surface area (Å²) in [6.07, 6.45) is 2.30. The maximum Gasteiger partial charge on any atom is 0.259 e. The van der Waals surface area contributed by atoms with E-state index in [0.717, 1.165) is 22.8 Å². The van der Waals surface area contributed by atoms with Gasteiger partial charge < -0.3 is 20.5 Å². The van der Waals surface area contributed by atoms with Crippen LogP contribution in [0.25, 0.3) is 16.9 Å². The third-order valence-electron chi connectivity index (χ3n) is 5.15. The highest BCUT2D eigenvalue weighted by Gasteiger charge is 2.17. The van der Waals surface area contributed by atoms with Crippen LogP contribution in [0.5, 0.6) is 5.75 Å². The van der Waals surface area contributed by atoms with Crippen LogP contribution in [0.1, 0.15) is 23.0 Å². The summed E-state index contributed by atoms with van der Waals surface area (Å²) in [4.78, 5) is 21.6. The highest BCUT2D eigenvalue weighted by molar-refractivity contribution is 6.06. The second kappa shape index (κ2) is 9.66. The molecule has 0 fully saturated rings. The number of carbonyl (C=O) groups excluding carboxylic acids is 1. The number of carbonyl (C=O) groups is 1. The summed E-state index contributed by atoms with van der Waals surface area (Å²) in [6, 6.07) is 12.8. The molecule has 170 valence electrons. The van der Waals surface area contributed by atoms with Gasteiger partial charge in [-0.3, -0.25) is 9.20 Å². The van der Waals surface area contributed by atoms with Gasteiger partial charge in [-0.1, -0.05) is 0 Å². The van der Waals surface area contributed by atoms with Crippen molar-refractivity contribution >= 4 is 23.1 Å². The number of amides is 1. The van der Waals surface area contributed by atoms with Crippen LogP contribution in [0.3, 0.4) is 0 Å². The average Bonchev–Trinajstić information content (AvgIpc) is 3.19. The quantitative estimate of drug-likeness (QED) is 0.395. The van der Waals surface area contributed by atoms with Gasteiger partial charge in [0.1, 0.15) is 17.4 Å². The predicted molar refractivity (Wildman–Crippen MR) is 124 cm³/mol. The van der Waals surface area contributed by atoms with E-state index in [4.69, 9.17) is 20.2 Å². The zero-order valence-corrected chi connectivity index (χ0v) is 18.3. The molecule has 0 saturated heterocycles. The molecule has 2 aromatic carbocycles. The van der Waals surface area contributed by atoms with Crippen LogP contribution < -0.4 is 15.8 Å². The molecule has 9 heteroatoms. The molecule has 2 heterocycles. The largest absolute Gasteiger partial charge is 0.496 e. The van der Waals surface area contributed by atoms with E-state index in [0.29, 0.717) is 37.1 Å². The van der Waals surface area contributed by atoms with E-state index in [1.165, 1.54) is 19.2 Å². The molecule has 0 saturated carbocycles. The zero-order valence-electron chi connectivity index (χ0n) is 18.3. The van der Waals surface area contributed by atoms with Crippen LogP contribution in [0.4, 0.5) is 16.0 Å². The van der Waals surface area contributed by atoms with Crippen molar-refractivity contribution in [2.45, 2.75) is 13.3 Å². The Kier molecular flexibility index (Phi) is 6.50. The minimum absolute atomic E-state index is 0.110. The van der Waals surface area contributed by atoms with Gasteiger partial charge in [0, 0.05) is 30.5 Å². The number of ether oxygens (including phenoxy) is 2. The Balaban J connectivity index is 1.61. The summed E-state index contributed by atoms with van der Waals surface area (Å²) < 4.78 is 26.0. The Bertz CT molecular complexity index is 1290. The molecular weight excluding hydrogens is 425 g/mol. The standard InChI is InChI=1S/C24H24FN5O3/c1-3-33-13-11-19-20-10-12-27-24(26)30(20)22(29-19)15-4-7-17(8-5-15)28-23(31)18-14-16(25)6-9-21(18)32-2/h4-10,12,14H,3,11,13H2,1-2H3,(H2,26,27)(H,28,31). The number of hydrogen-bond donors (Lipinski definition) is 2. The Hall–Kier alpha value is -3.98. The van der Waals surface area contributed by atoms with E-state index < -0.39 is 11.7 Å². The van der Waals surface area contributed by atoms with Crippen molar-refractivity contribution in [3.63, 3.8) is 0 Å². The Morgan fingerprint density at radius 1 is 1.18 bits per heavy atom. The van der Waals surface area contributed by atoms with Crippen LogP contribution in [0.2, 0.25) is 0 Å². The molecule has 0 radical (unpaired) electrons. The molecule has 33 heavy (non-hydrogen) atoms. The van der Waals surface area contributed by atoms with Gasteiger partial charge >= 0.3 is 0 Å². The third-order valence-corrected chi connectivity index (χ3v) is 5.15. The van der Waals surface area contributed by atoms with Gasteiger partial charge in [-0.15, -0.1) is 0 Å². The summed E-state index contributed by atoms with van der Waals surface area (Å²) in [6.45, 7) is 3.14. The summed E-state index contributed by atoms with van der Waals surface area (Å²) in [5, 5.41) is 2.76. The van der Waals surface area contributed by atoms with E-state index in [1.54, 1.807) is 22.7 Å². The topological polar surface area (TPSA) is 104 Å². The lowest BCUT2D eigenvalue weighted by molar-refractivity contribution is 0.102. The van der Waals surface area contributed by atoms with Gasteiger partial charge in [-0.2, -0.15) is 0 Å². The third kappa shape index (κ3) is 4.63. The Morgan fingerprint density at radius 3 is 2.70 bits per heavy atom. The summed E-state index contributed by atoms with van der Waals surface area (Å²) >= 11 is 0. The van der Waals surface area contributed by atoms with Crippen molar-refractivity contribution in [3.8, 4) is 17.1 Å². The van der Waals surface area contributed by atoms with Crippen LogP contribution in [0, 0.1) is 5.82 Å². The fourth-order valence-electron chi connectivity index (χ4n) is 3.57. The molecule has 0 aliphatic rings. The molecule has 0 aliphatic heterocycles. The van der Waals surface area contributed by atoms with Crippen molar-refractivity contribution in [2.75, 3.05) is 31.4 Å². The van der Waals surface area contributed by atoms with Crippen molar-refractivity contribution in [3.05, 3.63) is 71.8 Å². The SMILES string of the molecule is CCOCCc1nc(-c2ccc(NC(=O)c3cc(F)ccc3OC)cc2)n2c(N)nccc12. The number of nitrogens with two attached hydrogens (primary N) is 1. The number of benzene rings is 2. The number of aromatic nitrogens is 3. The number of methoxy groups -OCH3 is 1. The molecule has 8 nitrogen and oxygen atoms in total. The molecule has 0 spiro atoms. The lowest BCUT2D eigenvalue weighted by Crippen LogP contribution is -2.13. The fourth-order valence-corrected chi connectivity index (χ4v) is 3.57. The molecule has 2 aromatic heterocycles. The van der Waals surface area contributed by atoms with Crippen molar-refractivity contribution in [1.82, 2.24) is 14.4 Å². The Labute approximate surface area is 190 Å². The van der Waals surface area contributed by atoms with Gasteiger partial charge in [0.05, 0.1) is 30.5 Å². The molecule has 4 rings (SSSR count). The molecule has 4 aromatic rings. The maximum absolute atomic E-state index is 13.6. The monoisotopic (exact) mass is 449 g/mol. The van der Waals surface area contributed by atoms with Gasteiger partial charge in [-0.25, -0.2) is 14.4 Å². The minimum Gasteiger partial charge on any atom is -0.496 e. The molecule has 3 N–H and O–H groups in total. The first-order chi connectivity index (χ1) is 16.0.